The van der Waals surface area contributed by atoms with Crippen molar-refractivity contribution >= 4 is 34.7 Å². The van der Waals surface area contributed by atoms with Crippen LogP contribution in [0.25, 0.3) is 0 Å². The Morgan fingerprint density at radius 1 is 1.13 bits per heavy atom. The van der Waals surface area contributed by atoms with Gasteiger partial charge in [-0.3, -0.25) is 0 Å². The minimum absolute atomic E-state index is 0.338. The lowest BCUT2D eigenvalue weighted by Crippen LogP contribution is -2.19. The van der Waals surface area contributed by atoms with Crippen molar-refractivity contribution in [1.29, 1.82) is 0 Å². The molecule has 0 amide bonds. The van der Waals surface area contributed by atoms with Crippen molar-refractivity contribution in [2.75, 3.05) is 24.4 Å². The molecule has 0 fully saturated rings. The molecule has 0 aromatic heterocycles. The number of hydrogen-bond donors (Lipinski definition) is 2. The van der Waals surface area contributed by atoms with E-state index in [9.17, 15) is 4.79 Å². The molecule has 2 rings (SSSR count). The van der Waals surface area contributed by atoms with Gasteiger partial charge in [0.15, 0.2) is 5.11 Å². The van der Waals surface area contributed by atoms with Crippen LogP contribution < -0.4 is 15.4 Å². The summed E-state index contributed by atoms with van der Waals surface area (Å²) in [7, 11) is 1.60. The molecule has 0 heterocycles. The molecule has 2 N–H and O–H groups in total. The fourth-order valence-corrected chi connectivity index (χ4v) is 2.20. The lowest BCUT2D eigenvalue weighted by Gasteiger charge is -2.13. The number of para-hydroxylation sites is 2. The highest BCUT2D eigenvalue weighted by Crippen LogP contribution is 2.23. The van der Waals surface area contributed by atoms with Crippen LogP contribution in [0, 0.1) is 0 Å². The van der Waals surface area contributed by atoms with Crippen molar-refractivity contribution in [3.63, 3.8) is 0 Å². The third kappa shape index (κ3) is 4.69. The van der Waals surface area contributed by atoms with Crippen LogP contribution in [0.1, 0.15) is 17.3 Å². The van der Waals surface area contributed by atoms with Gasteiger partial charge in [0.25, 0.3) is 0 Å². The second kappa shape index (κ2) is 8.14. The first-order valence-corrected chi connectivity index (χ1v) is 7.53. The summed E-state index contributed by atoms with van der Waals surface area (Å²) in [6.07, 6.45) is 0. The predicted octanol–water partition coefficient (Wildman–Crippen LogP) is 3.68. The van der Waals surface area contributed by atoms with Gasteiger partial charge >= 0.3 is 5.97 Å². The highest BCUT2D eigenvalue weighted by molar-refractivity contribution is 7.80. The van der Waals surface area contributed by atoms with Gasteiger partial charge in [-0.25, -0.2) is 4.79 Å². The van der Waals surface area contributed by atoms with Gasteiger partial charge < -0.3 is 20.1 Å². The van der Waals surface area contributed by atoms with Gasteiger partial charge in [-0.05, 0) is 49.5 Å². The third-order valence-corrected chi connectivity index (χ3v) is 3.19. The summed E-state index contributed by atoms with van der Waals surface area (Å²) in [5.74, 6) is 0.330. The van der Waals surface area contributed by atoms with Gasteiger partial charge in [0.2, 0.25) is 0 Å². The Labute approximate surface area is 140 Å². The number of carbonyl (C=O) groups excluding carboxylic acids is 1. The van der Waals surface area contributed by atoms with E-state index in [0.29, 0.717) is 28.7 Å². The topological polar surface area (TPSA) is 59.6 Å². The maximum Gasteiger partial charge on any atom is 0.338 e. The first-order chi connectivity index (χ1) is 11.1. The zero-order valence-corrected chi connectivity index (χ0v) is 13.8. The van der Waals surface area contributed by atoms with Gasteiger partial charge in [-0.1, -0.05) is 18.2 Å². The maximum absolute atomic E-state index is 11.7. The minimum Gasteiger partial charge on any atom is -0.495 e. The SMILES string of the molecule is CCOC(=O)c1cccc(NC(=S)Nc2ccccc2OC)c1. The largest absolute Gasteiger partial charge is 0.495 e. The second-order valence-corrected chi connectivity index (χ2v) is 4.99. The van der Waals surface area contributed by atoms with Crippen molar-refractivity contribution in [2.45, 2.75) is 6.92 Å². The van der Waals surface area contributed by atoms with Crippen LogP contribution in [-0.2, 0) is 4.74 Å². The zero-order valence-electron chi connectivity index (χ0n) is 13.0. The summed E-state index contributed by atoms with van der Waals surface area (Å²) in [5, 5.41) is 6.50. The molecule has 0 aliphatic rings. The lowest BCUT2D eigenvalue weighted by atomic mass is 10.2. The van der Waals surface area contributed by atoms with E-state index in [1.165, 1.54) is 0 Å². The summed E-state index contributed by atoms with van der Waals surface area (Å²) in [6.45, 7) is 2.11. The monoisotopic (exact) mass is 330 g/mol. The number of hydrogen-bond acceptors (Lipinski definition) is 4. The number of rotatable bonds is 5. The van der Waals surface area contributed by atoms with E-state index in [1.807, 2.05) is 30.3 Å². The van der Waals surface area contributed by atoms with Crippen molar-refractivity contribution in [2.24, 2.45) is 0 Å². The molecule has 0 bridgehead atoms. The van der Waals surface area contributed by atoms with Gasteiger partial charge in [-0.15, -0.1) is 0 Å². The average Bonchev–Trinajstić information content (AvgIpc) is 2.55. The summed E-state index contributed by atoms with van der Waals surface area (Å²) in [4.78, 5) is 11.7. The number of thiocarbonyl (C=S) groups is 1. The van der Waals surface area contributed by atoms with E-state index in [-0.39, 0.29) is 5.97 Å². The number of benzene rings is 2. The van der Waals surface area contributed by atoms with Crippen molar-refractivity contribution in [1.82, 2.24) is 0 Å². The molecule has 0 saturated heterocycles. The molecule has 0 spiro atoms. The number of carbonyl (C=O) groups is 1. The molecule has 2 aromatic carbocycles. The van der Waals surface area contributed by atoms with E-state index in [4.69, 9.17) is 21.7 Å². The summed E-state index contributed by atoms with van der Waals surface area (Å²) >= 11 is 5.29. The molecule has 2 aromatic rings. The molecule has 0 aliphatic heterocycles. The number of methoxy groups -OCH3 is 1. The standard InChI is InChI=1S/C17H18N2O3S/c1-3-22-16(20)12-7-6-8-13(11-12)18-17(23)19-14-9-4-5-10-15(14)21-2/h4-11H,3H2,1-2H3,(H2,18,19,23). The highest BCUT2D eigenvalue weighted by Gasteiger charge is 2.08. The maximum atomic E-state index is 11.7. The first-order valence-electron chi connectivity index (χ1n) is 7.12. The van der Waals surface area contributed by atoms with Gasteiger partial charge in [-0.2, -0.15) is 0 Å². The molecule has 0 radical (unpaired) electrons. The van der Waals surface area contributed by atoms with Gasteiger partial charge in [0, 0.05) is 5.69 Å². The van der Waals surface area contributed by atoms with Crippen LogP contribution in [0.3, 0.4) is 0 Å². The second-order valence-electron chi connectivity index (χ2n) is 4.58. The normalized spacial score (nSPS) is 9.83. The fraction of sp³-hybridized carbons (Fsp3) is 0.176. The smallest absolute Gasteiger partial charge is 0.338 e. The Morgan fingerprint density at radius 2 is 1.91 bits per heavy atom. The van der Waals surface area contributed by atoms with Crippen LogP contribution in [-0.4, -0.2) is 24.8 Å². The van der Waals surface area contributed by atoms with Gasteiger partial charge in [0.1, 0.15) is 5.75 Å². The van der Waals surface area contributed by atoms with E-state index < -0.39 is 0 Å². The average molecular weight is 330 g/mol. The molecular weight excluding hydrogens is 312 g/mol. The van der Waals surface area contributed by atoms with Crippen LogP contribution in [0.5, 0.6) is 5.75 Å². The molecule has 0 saturated carbocycles. The predicted molar refractivity (Wildman–Crippen MR) is 95.2 cm³/mol. The number of nitrogens with one attached hydrogen (secondary N) is 2. The fourth-order valence-electron chi connectivity index (χ4n) is 1.97. The molecule has 6 heteroatoms. The van der Waals surface area contributed by atoms with Crippen molar-refractivity contribution < 1.29 is 14.3 Å². The molecule has 0 atom stereocenters. The van der Waals surface area contributed by atoms with Crippen LogP contribution >= 0.6 is 12.2 Å². The van der Waals surface area contributed by atoms with Gasteiger partial charge in [0.05, 0.1) is 25.0 Å². The van der Waals surface area contributed by atoms with E-state index >= 15 is 0 Å². The van der Waals surface area contributed by atoms with E-state index in [1.54, 1.807) is 32.2 Å². The van der Waals surface area contributed by atoms with Crippen molar-refractivity contribution in [3.8, 4) is 5.75 Å². The Morgan fingerprint density at radius 3 is 2.65 bits per heavy atom. The molecule has 120 valence electrons. The molecular formula is C17H18N2O3S. The van der Waals surface area contributed by atoms with E-state index in [2.05, 4.69) is 10.6 Å². The van der Waals surface area contributed by atoms with Crippen molar-refractivity contribution in [3.05, 3.63) is 54.1 Å². The van der Waals surface area contributed by atoms with Crippen LogP contribution in [0.4, 0.5) is 11.4 Å². The lowest BCUT2D eigenvalue weighted by molar-refractivity contribution is 0.0526. The summed E-state index contributed by atoms with van der Waals surface area (Å²) in [5.41, 5.74) is 1.92. The number of ether oxygens (including phenoxy) is 2. The Hall–Kier alpha value is -2.60. The summed E-state index contributed by atoms with van der Waals surface area (Å²) < 4.78 is 10.2. The third-order valence-electron chi connectivity index (χ3n) is 2.99. The highest BCUT2D eigenvalue weighted by atomic mass is 32.1. The molecule has 5 nitrogen and oxygen atoms in total. The van der Waals surface area contributed by atoms with Crippen LogP contribution in [0.2, 0.25) is 0 Å². The Balaban J connectivity index is 2.05. The first kappa shape index (κ1) is 16.8. The number of esters is 1. The number of anilines is 2. The van der Waals surface area contributed by atoms with E-state index in [0.717, 1.165) is 5.69 Å². The molecule has 0 unspecified atom stereocenters. The molecule has 0 aliphatic carbocycles. The Kier molecular flexibility index (Phi) is 5.94. The minimum atomic E-state index is -0.361. The summed E-state index contributed by atoms with van der Waals surface area (Å²) in [6, 6.07) is 14.4. The van der Waals surface area contributed by atoms with Crippen LogP contribution in [0.15, 0.2) is 48.5 Å². The Bertz CT molecular complexity index is 704. The molecule has 23 heavy (non-hydrogen) atoms. The zero-order chi connectivity index (χ0) is 16.7. The quantitative estimate of drug-likeness (QED) is 0.644.